The fourth-order valence-corrected chi connectivity index (χ4v) is 2.38. The van der Waals surface area contributed by atoms with Crippen LogP contribution in [-0.4, -0.2) is 15.2 Å². The third-order valence-corrected chi connectivity index (χ3v) is 3.44. The Labute approximate surface area is 122 Å². The summed E-state index contributed by atoms with van der Waals surface area (Å²) in [4.78, 5) is 4.22. The van der Waals surface area contributed by atoms with Gasteiger partial charge < -0.3 is 5.73 Å². The number of anilines is 1. The normalized spacial score (nSPS) is 10.5. The van der Waals surface area contributed by atoms with Gasteiger partial charge in [0, 0.05) is 0 Å². The molecule has 0 radical (unpaired) electrons. The zero-order chi connectivity index (χ0) is 15.0. The number of aryl methyl sites for hydroxylation is 2. The number of nitrogens with two attached hydrogens (primary N) is 1. The van der Waals surface area contributed by atoms with Crippen LogP contribution in [0.3, 0.4) is 0 Å². The van der Waals surface area contributed by atoms with Crippen molar-refractivity contribution >= 4 is 17.0 Å². The average Bonchev–Trinajstić information content (AvgIpc) is 2.48. The van der Waals surface area contributed by atoms with E-state index in [9.17, 15) is 0 Å². The van der Waals surface area contributed by atoms with E-state index >= 15 is 0 Å². The van der Waals surface area contributed by atoms with E-state index in [1.807, 2.05) is 44.2 Å². The summed E-state index contributed by atoms with van der Waals surface area (Å²) in [5, 5.41) is 17.0. The van der Waals surface area contributed by atoms with Crippen molar-refractivity contribution < 1.29 is 0 Å². The maximum atomic E-state index is 9.06. The van der Waals surface area contributed by atoms with Crippen molar-refractivity contribution in [2.75, 3.05) is 5.73 Å². The van der Waals surface area contributed by atoms with E-state index in [1.54, 1.807) is 0 Å². The van der Waals surface area contributed by atoms with Crippen LogP contribution in [0.5, 0.6) is 0 Å². The summed E-state index contributed by atoms with van der Waals surface area (Å²) in [5.74, 6) is 0.168. The first-order chi connectivity index (χ1) is 10.1. The number of aromatic nitrogens is 3. The predicted octanol–water partition coefficient (Wildman–Crippen LogP) is 2.76. The highest BCUT2D eigenvalue weighted by Gasteiger charge is 2.09. The van der Waals surface area contributed by atoms with Gasteiger partial charge in [0.15, 0.2) is 0 Å². The number of nitrogens with zero attached hydrogens (tertiary/aromatic N) is 4. The molecule has 3 aromatic rings. The second-order valence-electron chi connectivity index (χ2n) is 4.97. The molecule has 0 saturated heterocycles. The zero-order valence-electron chi connectivity index (χ0n) is 11.8. The summed E-state index contributed by atoms with van der Waals surface area (Å²) in [6.07, 6.45) is 0. The molecule has 5 nitrogen and oxygen atoms in total. The monoisotopic (exact) mass is 275 g/mol. The van der Waals surface area contributed by atoms with E-state index < -0.39 is 0 Å². The summed E-state index contributed by atoms with van der Waals surface area (Å²) >= 11 is 0. The van der Waals surface area contributed by atoms with Gasteiger partial charge >= 0.3 is 0 Å². The Balaban J connectivity index is 2.27. The van der Waals surface area contributed by atoms with Crippen LogP contribution >= 0.6 is 0 Å². The van der Waals surface area contributed by atoms with Crippen LogP contribution in [0.1, 0.15) is 16.7 Å². The van der Waals surface area contributed by atoms with Crippen molar-refractivity contribution in [1.29, 1.82) is 5.26 Å². The highest BCUT2D eigenvalue weighted by atomic mass is 15.2. The molecule has 0 aliphatic carbocycles. The summed E-state index contributed by atoms with van der Waals surface area (Å²) in [5.41, 5.74) is 11.7. The molecule has 5 heteroatoms. The molecule has 0 aliphatic heterocycles. The van der Waals surface area contributed by atoms with Crippen LogP contribution in [0.15, 0.2) is 30.3 Å². The Morgan fingerprint density at radius 3 is 2.62 bits per heavy atom. The summed E-state index contributed by atoms with van der Waals surface area (Å²) in [7, 11) is 0. The Hall–Kier alpha value is -3.00. The summed E-state index contributed by atoms with van der Waals surface area (Å²) in [6, 6.07) is 11.8. The maximum Gasteiger partial charge on any atom is 0.240 e. The third kappa shape index (κ3) is 2.28. The first-order valence-electron chi connectivity index (χ1n) is 6.50. The van der Waals surface area contributed by atoms with Gasteiger partial charge in [0.25, 0.3) is 0 Å². The van der Waals surface area contributed by atoms with Crippen LogP contribution in [0.25, 0.3) is 22.2 Å². The third-order valence-electron chi connectivity index (χ3n) is 3.44. The van der Waals surface area contributed by atoms with E-state index in [0.717, 1.165) is 27.8 Å². The molecule has 1 heterocycles. The van der Waals surface area contributed by atoms with E-state index in [4.69, 9.17) is 11.0 Å². The molecule has 3 rings (SSSR count). The van der Waals surface area contributed by atoms with Crippen LogP contribution in [-0.2, 0) is 0 Å². The van der Waals surface area contributed by atoms with Crippen LogP contribution in [0, 0.1) is 25.2 Å². The molecular formula is C16H13N5. The zero-order valence-corrected chi connectivity index (χ0v) is 11.8. The fourth-order valence-electron chi connectivity index (χ4n) is 2.38. The van der Waals surface area contributed by atoms with Crippen LogP contribution < -0.4 is 5.73 Å². The van der Waals surface area contributed by atoms with Crippen LogP contribution in [0.4, 0.5) is 5.95 Å². The molecular weight excluding hydrogens is 262 g/mol. The minimum atomic E-state index is 0.168. The smallest absolute Gasteiger partial charge is 0.240 e. The highest BCUT2D eigenvalue weighted by molar-refractivity contribution is 5.85. The van der Waals surface area contributed by atoms with Gasteiger partial charge in [-0.3, -0.25) is 0 Å². The molecule has 0 spiro atoms. The lowest BCUT2D eigenvalue weighted by molar-refractivity contribution is 1.04. The molecule has 1 aromatic heterocycles. The number of hydrogen-bond acceptors (Lipinski definition) is 5. The molecule has 0 amide bonds. The highest BCUT2D eigenvalue weighted by Crippen LogP contribution is 2.28. The number of benzene rings is 2. The van der Waals surface area contributed by atoms with Crippen molar-refractivity contribution in [2.45, 2.75) is 13.8 Å². The van der Waals surface area contributed by atoms with E-state index in [-0.39, 0.29) is 5.95 Å². The molecule has 0 atom stereocenters. The van der Waals surface area contributed by atoms with Crippen LogP contribution in [0.2, 0.25) is 0 Å². The quantitative estimate of drug-likeness (QED) is 0.737. The second-order valence-corrected chi connectivity index (χ2v) is 4.97. The van der Waals surface area contributed by atoms with Gasteiger partial charge in [-0.1, -0.05) is 6.07 Å². The Morgan fingerprint density at radius 2 is 1.86 bits per heavy atom. The molecule has 0 fully saturated rings. The fraction of sp³-hybridized carbons (Fsp3) is 0.125. The minimum Gasteiger partial charge on any atom is -0.366 e. The average molecular weight is 275 g/mol. The van der Waals surface area contributed by atoms with Crippen molar-refractivity contribution in [3.05, 3.63) is 47.0 Å². The molecule has 21 heavy (non-hydrogen) atoms. The Kier molecular flexibility index (Phi) is 2.99. The van der Waals surface area contributed by atoms with E-state index in [2.05, 4.69) is 21.3 Å². The number of nitriles is 1. The Morgan fingerprint density at radius 1 is 1.05 bits per heavy atom. The largest absolute Gasteiger partial charge is 0.366 e. The number of rotatable bonds is 1. The number of fused-ring (bicyclic) bond motifs is 1. The van der Waals surface area contributed by atoms with Gasteiger partial charge in [-0.15, -0.1) is 10.2 Å². The number of nitrogen functional groups attached to an aromatic ring is 1. The van der Waals surface area contributed by atoms with Gasteiger partial charge in [-0.05, 0) is 60.4 Å². The standard InChI is InChI=1S/C16H13N5/c1-9-3-4-11(8-17)6-13(9)12-5-10(2)15-14(7-12)20-21-16(18)19-15/h3-7H,1-2H3,(H2,18,19,21). The van der Waals surface area contributed by atoms with Crippen molar-refractivity contribution in [3.63, 3.8) is 0 Å². The van der Waals surface area contributed by atoms with Crippen molar-refractivity contribution in [3.8, 4) is 17.2 Å². The lowest BCUT2D eigenvalue weighted by atomic mass is 9.96. The van der Waals surface area contributed by atoms with Crippen molar-refractivity contribution in [2.24, 2.45) is 0 Å². The van der Waals surface area contributed by atoms with Gasteiger partial charge in [-0.2, -0.15) is 5.26 Å². The van der Waals surface area contributed by atoms with Crippen molar-refractivity contribution in [1.82, 2.24) is 15.2 Å². The van der Waals surface area contributed by atoms with Gasteiger partial charge in [0.05, 0.1) is 17.1 Å². The first kappa shape index (κ1) is 13.0. The molecule has 0 saturated carbocycles. The summed E-state index contributed by atoms with van der Waals surface area (Å²) in [6.45, 7) is 3.98. The van der Waals surface area contributed by atoms with Gasteiger partial charge in [-0.25, -0.2) is 4.98 Å². The maximum absolute atomic E-state index is 9.06. The van der Waals surface area contributed by atoms with Gasteiger partial charge in [0.2, 0.25) is 5.95 Å². The molecule has 2 aromatic carbocycles. The lowest BCUT2D eigenvalue weighted by Crippen LogP contribution is -1.99. The molecule has 102 valence electrons. The Bertz CT molecular complexity index is 893. The molecule has 0 unspecified atom stereocenters. The minimum absolute atomic E-state index is 0.168. The molecule has 0 bridgehead atoms. The lowest BCUT2D eigenvalue weighted by Gasteiger charge is -2.09. The van der Waals surface area contributed by atoms with E-state index in [1.165, 1.54) is 0 Å². The second kappa shape index (κ2) is 4.84. The first-order valence-corrected chi connectivity index (χ1v) is 6.50. The number of hydrogen-bond donors (Lipinski definition) is 1. The van der Waals surface area contributed by atoms with Gasteiger partial charge in [0.1, 0.15) is 5.52 Å². The topological polar surface area (TPSA) is 88.5 Å². The summed E-state index contributed by atoms with van der Waals surface area (Å²) < 4.78 is 0. The predicted molar refractivity (Wildman–Crippen MR) is 81.4 cm³/mol. The molecule has 2 N–H and O–H groups in total. The SMILES string of the molecule is Cc1ccc(C#N)cc1-c1cc(C)c2nc(N)nnc2c1. The van der Waals surface area contributed by atoms with E-state index in [0.29, 0.717) is 11.1 Å². The molecule has 0 aliphatic rings.